The lowest BCUT2D eigenvalue weighted by molar-refractivity contribution is -0.145. The molecule has 8 nitrogen and oxygen atoms in total. The van der Waals surface area contributed by atoms with Crippen molar-refractivity contribution >= 4 is 17.9 Å². The van der Waals surface area contributed by atoms with Crippen LogP contribution in [-0.4, -0.2) is 50.5 Å². The third-order valence-electron chi connectivity index (χ3n) is 1.07. The second-order valence-electron chi connectivity index (χ2n) is 2.56. The first-order valence-electron chi connectivity index (χ1n) is 3.79. The van der Waals surface area contributed by atoms with Crippen LogP contribution >= 0.6 is 0 Å². The molecule has 0 bridgehead atoms. The molecule has 0 heterocycles. The maximum absolute atomic E-state index is 9.85. The molecule has 0 aromatic heterocycles. The summed E-state index contributed by atoms with van der Waals surface area (Å²) in [4.78, 5) is 29.1. The summed E-state index contributed by atoms with van der Waals surface area (Å²) in [5.41, 5.74) is 4.84. The van der Waals surface area contributed by atoms with Gasteiger partial charge >= 0.3 is 17.9 Å². The summed E-state index contributed by atoms with van der Waals surface area (Å²) in [6, 6.07) is -1.29. The Morgan fingerprint density at radius 3 is 1.53 bits per heavy atom. The van der Waals surface area contributed by atoms with Gasteiger partial charge in [0.1, 0.15) is 12.1 Å². The number of hydrogen-bond acceptors (Lipinski definition) is 5. The van der Waals surface area contributed by atoms with Crippen LogP contribution in [0, 0.1) is 0 Å². The zero-order valence-electron chi connectivity index (χ0n) is 7.95. The average molecular weight is 223 g/mol. The number of rotatable bonds is 4. The van der Waals surface area contributed by atoms with Crippen molar-refractivity contribution in [2.24, 2.45) is 5.73 Å². The van der Waals surface area contributed by atoms with Gasteiger partial charge in [-0.2, -0.15) is 0 Å². The lowest BCUT2D eigenvalue weighted by Gasteiger charge is -1.99. The van der Waals surface area contributed by atoms with Gasteiger partial charge in [0.2, 0.25) is 0 Å². The van der Waals surface area contributed by atoms with E-state index in [1.165, 1.54) is 6.92 Å². The van der Waals surface area contributed by atoms with Crippen LogP contribution in [0.5, 0.6) is 0 Å². The van der Waals surface area contributed by atoms with Gasteiger partial charge in [0, 0.05) is 0 Å². The molecular formula is C7H13NO7. The highest BCUT2D eigenvalue weighted by Gasteiger charge is 2.14. The molecule has 88 valence electrons. The molecule has 0 saturated heterocycles. The van der Waals surface area contributed by atoms with E-state index in [-0.39, 0.29) is 0 Å². The van der Waals surface area contributed by atoms with Crippen LogP contribution in [0.25, 0.3) is 0 Å². The van der Waals surface area contributed by atoms with E-state index < -0.39 is 36.5 Å². The highest BCUT2D eigenvalue weighted by atomic mass is 16.4. The Hall–Kier alpha value is -1.67. The van der Waals surface area contributed by atoms with Gasteiger partial charge in [-0.15, -0.1) is 0 Å². The van der Waals surface area contributed by atoms with Gasteiger partial charge < -0.3 is 26.2 Å². The van der Waals surface area contributed by atoms with Crippen molar-refractivity contribution in [2.45, 2.75) is 25.5 Å². The van der Waals surface area contributed by atoms with Crippen LogP contribution in [0.1, 0.15) is 13.3 Å². The van der Waals surface area contributed by atoms with Crippen LogP contribution in [0.3, 0.4) is 0 Å². The molecule has 0 rings (SSSR count). The quantitative estimate of drug-likeness (QED) is 0.378. The first kappa shape index (κ1) is 15.8. The molecule has 0 aliphatic heterocycles. The summed E-state index contributed by atoms with van der Waals surface area (Å²) < 4.78 is 0. The predicted octanol–water partition coefficient (Wildman–Crippen LogP) is -1.68. The smallest absolute Gasteiger partial charge is 0.332 e. The van der Waals surface area contributed by atoms with E-state index in [4.69, 9.17) is 26.2 Å². The highest BCUT2D eigenvalue weighted by Crippen LogP contribution is 1.86. The molecule has 0 aromatic carbocycles. The third kappa shape index (κ3) is 12.3. The molecule has 2 unspecified atom stereocenters. The highest BCUT2D eigenvalue weighted by molar-refractivity contribution is 5.80. The standard InChI is InChI=1S/C4H7NO4.C3H6O3/c5-2(4(8)9)1-3(6)7;1-2(4)3(5)6/h2H,1,5H2,(H,6,7)(H,8,9);2,4H,1H3,(H,5,6). The Morgan fingerprint density at radius 1 is 1.13 bits per heavy atom. The second-order valence-corrected chi connectivity index (χ2v) is 2.56. The SMILES string of the molecule is CC(O)C(=O)O.NC(CC(=O)O)C(=O)O. The fourth-order valence-electron chi connectivity index (χ4n) is 0.275. The predicted molar refractivity (Wildman–Crippen MR) is 47.2 cm³/mol. The normalized spacial score (nSPS) is 13.0. The number of carboxylic acid groups (broad SMARTS) is 3. The first-order valence-corrected chi connectivity index (χ1v) is 3.79. The Kier molecular flexibility index (Phi) is 8.11. The summed E-state index contributed by atoms with van der Waals surface area (Å²) in [6.07, 6.45) is -1.76. The van der Waals surface area contributed by atoms with Gasteiger partial charge in [0.05, 0.1) is 6.42 Å². The fourth-order valence-corrected chi connectivity index (χ4v) is 0.275. The van der Waals surface area contributed by atoms with E-state index in [0.29, 0.717) is 0 Å². The van der Waals surface area contributed by atoms with Crippen LogP contribution in [0.2, 0.25) is 0 Å². The van der Waals surface area contributed by atoms with Crippen molar-refractivity contribution in [2.75, 3.05) is 0 Å². The zero-order chi connectivity index (χ0) is 12.6. The maximum Gasteiger partial charge on any atom is 0.332 e. The molecule has 0 aliphatic rings. The van der Waals surface area contributed by atoms with Crippen molar-refractivity contribution < 1.29 is 34.8 Å². The molecule has 0 fully saturated rings. The van der Waals surface area contributed by atoms with Crippen molar-refractivity contribution in [3.05, 3.63) is 0 Å². The summed E-state index contributed by atoms with van der Waals surface area (Å²) in [7, 11) is 0. The van der Waals surface area contributed by atoms with Gasteiger partial charge in [-0.25, -0.2) is 4.79 Å². The summed E-state index contributed by atoms with van der Waals surface area (Å²) >= 11 is 0. The largest absolute Gasteiger partial charge is 0.481 e. The van der Waals surface area contributed by atoms with Gasteiger partial charge in [-0.05, 0) is 6.92 Å². The minimum Gasteiger partial charge on any atom is -0.481 e. The van der Waals surface area contributed by atoms with Gasteiger partial charge in [-0.1, -0.05) is 0 Å². The Balaban J connectivity index is 0. The summed E-state index contributed by atoms with van der Waals surface area (Å²) in [5.74, 6) is -3.68. The first-order chi connectivity index (χ1) is 6.68. The summed E-state index contributed by atoms with van der Waals surface area (Å²) in [6.45, 7) is 1.20. The van der Waals surface area contributed by atoms with Gasteiger partial charge in [0.25, 0.3) is 0 Å². The Labute approximate surface area is 84.9 Å². The van der Waals surface area contributed by atoms with Gasteiger partial charge in [-0.3, -0.25) is 9.59 Å². The van der Waals surface area contributed by atoms with Crippen LogP contribution in [-0.2, 0) is 14.4 Å². The molecular weight excluding hydrogens is 210 g/mol. The number of aliphatic carboxylic acids is 3. The number of aliphatic hydroxyl groups is 1. The van der Waals surface area contributed by atoms with E-state index in [1.54, 1.807) is 0 Å². The van der Waals surface area contributed by atoms with E-state index in [1.807, 2.05) is 0 Å². The van der Waals surface area contributed by atoms with E-state index in [9.17, 15) is 14.4 Å². The molecule has 6 N–H and O–H groups in total. The topological polar surface area (TPSA) is 158 Å². The lowest BCUT2D eigenvalue weighted by Crippen LogP contribution is -2.32. The molecule has 0 spiro atoms. The summed E-state index contributed by atoms with van der Waals surface area (Å²) in [5, 5.41) is 31.8. The maximum atomic E-state index is 9.85. The zero-order valence-corrected chi connectivity index (χ0v) is 7.95. The lowest BCUT2D eigenvalue weighted by atomic mass is 10.2. The molecule has 0 radical (unpaired) electrons. The monoisotopic (exact) mass is 223 g/mol. The minimum absolute atomic E-state index is 0.532. The van der Waals surface area contributed by atoms with Crippen molar-refractivity contribution in [1.82, 2.24) is 0 Å². The molecule has 8 heteroatoms. The third-order valence-corrected chi connectivity index (χ3v) is 1.07. The van der Waals surface area contributed by atoms with E-state index in [0.717, 1.165) is 0 Å². The number of carbonyl (C=O) groups is 3. The van der Waals surface area contributed by atoms with Crippen LogP contribution < -0.4 is 5.73 Å². The number of aliphatic hydroxyl groups excluding tert-OH is 1. The Bertz CT molecular complexity index is 237. The minimum atomic E-state index is -1.29. The molecule has 15 heavy (non-hydrogen) atoms. The fraction of sp³-hybridized carbons (Fsp3) is 0.571. The van der Waals surface area contributed by atoms with Crippen LogP contribution in [0.15, 0.2) is 0 Å². The molecule has 0 saturated carbocycles. The van der Waals surface area contributed by atoms with Crippen molar-refractivity contribution in [3.63, 3.8) is 0 Å². The van der Waals surface area contributed by atoms with Crippen LogP contribution in [0.4, 0.5) is 0 Å². The van der Waals surface area contributed by atoms with Crippen molar-refractivity contribution in [3.8, 4) is 0 Å². The molecule has 2 atom stereocenters. The average Bonchev–Trinajstić information content (AvgIpc) is 2.03. The van der Waals surface area contributed by atoms with E-state index in [2.05, 4.69) is 0 Å². The Morgan fingerprint density at radius 2 is 1.47 bits per heavy atom. The van der Waals surface area contributed by atoms with E-state index >= 15 is 0 Å². The second kappa shape index (κ2) is 7.71. The molecule has 0 aliphatic carbocycles. The molecule has 0 aromatic rings. The molecule has 0 amide bonds. The van der Waals surface area contributed by atoms with Crippen molar-refractivity contribution in [1.29, 1.82) is 0 Å². The number of carboxylic acids is 3. The number of hydrogen-bond donors (Lipinski definition) is 5. The van der Waals surface area contributed by atoms with Gasteiger partial charge in [0.15, 0.2) is 0 Å². The number of nitrogens with two attached hydrogens (primary N) is 1.